The van der Waals surface area contributed by atoms with Crippen LogP contribution in [0.3, 0.4) is 0 Å². The van der Waals surface area contributed by atoms with Gasteiger partial charge < -0.3 is 10.6 Å². The molecule has 0 aromatic heterocycles. The molecule has 1 saturated heterocycles. The van der Waals surface area contributed by atoms with Crippen LogP contribution < -0.4 is 15.4 Å². The molecule has 2 aromatic rings. The largest absolute Gasteiger partial charge is 0.348 e. The summed E-state index contributed by atoms with van der Waals surface area (Å²) in [5.41, 5.74) is 0.801. The molecule has 1 fully saturated rings. The average Bonchev–Trinajstić information content (AvgIpc) is 2.72. The zero-order chi connectivity index (χ0) is 23.6. The van der Waals surface area contributed by atoms with Crippen LogP contribution in [0.5, 0.6) is 0 Å². The molecule has 0 saturated carbocycles. The number of benzene rings is 2. The summed E-state index contributed by atoms with van der Waals surface area (Å²) in [5, 5.41) is 4.94. The van der Waals surface area contributed by atoms with Gasteiger partial charge in [-0.05, 0) is 49.2 Å². The van der Waals surface area contributed by atoms with Gasteiger partial charge in [-0.2, -0.15) is 17.4 Å². The van der Waals surface area contributed by atoms with E-state index < -0.39 is 51.8 Å². The van der Waals surface area contributed by atoms with E-state index in [0.29, 0.717) is 5.56 Å². The topological polar surface area (TPSA) is 108 Å². The van der Waals surface area contributed by atoms with Crippen molar-refractivity contribution >= 4 is 39.3 Å². The molecule has 1 aliphatic heterocycles. The van der Waals surface area contributed by atoms with Gasteiger partial charge in [-0.1, -0.05) is 23.7 Å². The summed E-state index contributed by atoms with van der Waals surface area (Å²) in [4.78, 5) is 25.5. The van der Waals surface area contributed by atoms with E-state index in [0.717, 1.165) is 10.4 Å². The second kappa shape index (κ2) is 9.49. The summed E-state index contributed by atoms with van der Waals surface area (Å²) in [6.45, 7) is 1.66. The number of anilines is 1. The van der Waals surface area contributed by atoms with E-state index in [1.54, 1.807) is 6.92 Å². The van der Waals surface area contributed by atoms with Gasteiger partial charge in [0, 0.05) is 12.7 Å². The lowest BCUT2D eigenvalue weighted by atomic mass is 10.0. The van der Waals surface area contributed by atoms with E-state index in [-0.39, 0.29) is 17.1 Å². The van der Waals surface area contributed by atoms with Crippen molar-refractivity contribution in [3.05, 3.63) is 64.7 Å². The molecule has 1 aliphatic rings. The maximum atomic E-state index is 13.3. The van der Waals surface area contributed by atoms with Crippen molar-refractivity contribution in [2.24, 2.45) is 0 Å². The zero-order valence-electron chi connectivity index (χ0n) is 17.1. The fraction of sp³-hybridized carbons (Fsp3) is 0.300. The van der Waals surface area contributed by atoms with Crippen molar-refractivity contribution in [2.45, 2.75) is 31.5 Å². The fourth-order valence-corrected chi connectivity index (χ4v) is 4.66. The van der Waals surface area contributed by atoms with Crippen molar-refractivity contribution in [1.29, 1.82) is 0 Å². The van der Waals surface area contributed by atoms with E-state index in [4.69, 9.17) is 11.6 Å². The molecule has 0 radical (unpaired) electrons. The van der Waals surface area contributed by atoms with Gasteiger partial charge in [-0.15, -0.1) is 0 Å². The molecule has 3 N–H and O–H groups in total. The molecule has 2 aromatic carbocycles. The highest BCUT2D eigenvalue weighted by atomic mass is 35.5. The van der Waals surface area contributed by atoms with E-state index in [2.05, 4.69) is 15.4 Å². The smallest absolute Gasteiger partial charge is 0.280 e. The summed E-state index contributed by atoms with van der Waals surface area (Å²) in [6.07, 6.45) is -0.154. The minimum absolute atomic E-state index is 0.154. The Kier molecular flexibility index (Phi) is 7.13. The number of nitrogens with one attached hydrogen (secondary N) is 3. The zero-order valence-corrected chi connectivity index (χ0v) is 18.7. The summed E-state index contributed by atoms with van der Waals surface area (Å²) in [6, 6.07) is 6.09. The fourth-order valence-electron chi connectivity index (χ4n) is 3.23. The van der Waals surface area contributed by atoms with Crippen molar-refractivity contribution in [3.63, 3.8) is 0 Å². The molecule has 8 nitrogen and oxygen atoms in total. The van der Waals surface area contributed by atoms with Crippen LogP contribution in [0, 0.1) is 11.6 Å². The summed E-state index contributed by atoms with van der Waals surface area (Å²) in [7, 11) is -2.93. The first kappa shape index (κ1) is 24.1. The van der Waals surface area contributed by atoms with Crippen molar-refractivity contribution < 1.29 is 26.8 Å². The highest BCUT2D eigenvalue weighted by Gasteiger charge is 2.43. The standard InChI is InChI=1S/C20H21ClF2N4O4S/c1-11(12-3-5-13(22)6-4-12)24-19(28)17-10-18(27(2)32(30,31)26-17)20(29)25-14-7-8-16(23)15(21)9-14/h3-9,11,17-18,26H,10H2,1-2H3,(H,24,28)(H,25,29)/t11-,17?,18?/m0/s1. The van der Waals surface area contributed by atoms with Crippen LogP contribution in [0.15, 0.2) is 42.5 Å². The highest BCUT2D eigenvalue weighted by molar-refractivity contribution is 7.87. The lowest BCUT2D eigenvalue weighted by Gasteiger charge is -2.35. The number of likely N-dealkylation sites (N-methyl/N-ethyl adjacent to an activating group) is 1. The number of nitrogens with zero attached hydrogens (tertiary/aromatic N) is 1. The number of halogens is 3. The molecular formula is C20H21ClF2N4O4S. The molecule has 0 aliphatic carbocycles. The van der Waals surface area contributed by atoms with Crippen molar-refractivity contribution in [1.82, 2.24) is 14.3 Å². The van der Waals surface area contributed by atoms with Gasteiger partial charge in [0.25, 0.3) is 10.2 Å². The normalized spacial score (nSPS) is 21.5. The number of carbonyl (C=O) groups is 2. The Bertz CT molecular complexity index is 1130. The quantitative estimate of drug-likeness (QED) is 0.603. The Hall–Kier alpha value is -2.60. The molecule has 172 valence electrons. The van der Waals surface area contributed by atoms with Crippen molar-refractivity contribution in [2.75, 3.05) is 12.4 Å². The number of amides is 2. The minimum Gasteiger partial charge on any atom is -0.348 e. The first-order valence-corrected chi connectivity index (χ1v) is 11.4. The van der Waals surface area contributed by atoms with Gasteiger partial charge in [0.05, 0.1) is 11.1 Å². The molecule has 3 atom stereocenters. The Morgan fingerprint density at radius 2 is 1.81 bits per heavy atom. The van der Waals surface area contributed by atoms with Gasteiger partial charge in [-0.3, -0.25) is 9.59 Å². The van der Waals surface area contributed by atoms with E-state index in [1.807, 2.05) is 0 Å². The predicted octanol–water partition coefficient (Wildman–Crippen LogP) is 2.34. The lowest BCUT2D eigenvalue weighted by Crippen LogP contribution is -2.62. The first-order valence-electron chi connectivity index (χ1n) is 9.55. The van der Waals surface area contributed by atoms with Crippen LogP contribution in [0.1, 0.15) is 24.9 Å². The molecule has 1 heterocycles. The Morgan fingerprint density at radius 3 is 2.44 bits per heavy atom. The molecule has 3 rings (SSSR count). The van der Waals surface area contributed by atoms with Crippen LogP contribution in [0.25, 0.3) is 0 Å². The molecule has 2 unspecified atom stereocenters. The second-order valence-electron chi connectivity index (χ2n) is 7.34. The van der Waals surface area contributed by atoms with Gasteiger partial charge in [0.15, 0.2) is 0 Å². The minimum atomic E-state index is -4.14. The van der Waals surface area contributed by atoms with Crippen molar-refractivity contribution in [3.8, 4) is 0 Å². The number of rotatable bonds is 5. The summed E-state index contributed by atoms with van der Waals surface area (Å²) in [5.74, 6) is -2.43. The third kappa shape index (κ3) is 5.41. The maximum Gasteiger partial charge on any atom is 0.280 e. The van der Waals surface area contributed by atoms with Crippen LogP contribution in [0.4, 0.5) is 14.5 Å². The maximum absolute atomic E-state index is 13.3. The SMILES string of the molecule is C[C@H](NC(=O)C1CC(C(=O)Nc2ccc(F)c(Cl)c2)N(C)S(=O)(=O)N1)c1ccc(F)cc1. The molecule has 12 heteroatoms. The van der Waals surface area contributed by atoms with E-state index in [9.17, 15) is 26.8 Å². The van der Waals surface area contributed by atoms with Gasteiger partial charge in [0.2, 0.25) is 11.8 Å². The first-order chi connectivity index (χ1) is 15.0. The number of hydrogen-bond acceptors (Lipinski definition) is 4. The molecule has 32 heavy (non-hydrogen) atoms. The highest BCUT2D eigenvalue weighted by Crippen LogP contribution is 2.23. The molecular weight excluding hydrogens is 466 g/mol. The Balaban J connectivity index is 1.73. The monoisotopic (exact) mass is 486 g/mol. The summed E-state index contributed by atoms with van der Waals surface area (Å²) >= 11 is 5.71. The second-order valence-corrected chi connectivity index (χ2v) is 9.51. The van der Waals surface area contributed by atoms with Gasteiger partial charge in [0.1, 0.15) is 23.7 Å². The Morgan fingerprint density at radius 1 is 1.16 bits per heavy atom. The number of hydrogen-bond donors (Lipinski definition) is 3. The van der Waals surface area contributed by atoms with Crippen LogP contribution in [-0.4, -0.2) is 43.7 Å². The summed E-state index contributed by atoms with van der Waals surface area (Å²) < 4.78 is 54.5. The van der Waals surface area contributed by atoms with Crippen LogP contribution in [0.2, 0.25) is 5.02 Å². The lowest BCUT2D eigenvalue weighted by molar-refractivity contribution is -0.125. The molecule has 2 amide bonds. The third-order valence-corrected chi connectivity index (χ3v) is 6.99. The Labute approximate surface area is 189 Å². The van der Waals surface area contributed by atoms with Crippen LogP contribution in [-0.2, 0) is 19.8 Å². The number of carbonyl (C=O) groups excluding carboxylic acids is 2. The van der Waals surface area contributed by atoms with E-state index >= 15 is 0 Å². The average molecular weight is 487 g/mol. The van der Waals surface area contributed by atoms with Gasteiger partial charge >= 0.3 is 0 Å². The molecule has 0 spiro atoms. The molecule has 0 bridgehead atoms. The third-order valence-electron chi connectivity index (χ3n) is 5.10. The van der Waals surface area contributed by atoms with Crippen LogP contribution >= 0.6 is 11.6 Å². The predicted molar refractivity (Wildman–Crippen MR) is 115 cm³/mol. The van der Waals surface area contributed by atoms with E-state index in [1.165, 1.54) is 43.4 Å². The van der Waals surface area contributed by atoms with Gasteiger partial charge in [-0.25, -0.2) is 8.78 Å².